The topological polar surface area (TPSA) is 44.8 Å². The number of carbonyl (C=O) groups excluding carboxylic acids is 1. The third-order valence-electron chi connectivity index (χ3n) is 6.34. The Kier molecular flexibility index (Phi) is 8.28. The monoisotopic (exact) mass is 461 g/mol. The molecule has 5 nitrogen and oxygen atoms in total. The molecule has 1 saturated heterocycles. The minimum absolute atomic E-state index is 0.0770. The van der Waals surface area contributed by atoms with Gasteiger partial charge in [-0.25, -0.2) is 4.39 Å². The molecular weight excluding hydrogens is 429 g/mol. The highest BCUT2D eigenvalue weighted by Gasteiger charge is 2.30. The Bertz CT molecular complexity index is 1040. The van der Waals surface area contributed by atoms with Gasteiger partial charge in [0.25, 0.3) is 0 Å². The van der Waals surface area contributed by atoms with Gasteiger partial charge in [0, 0.05) is 44.7 Å². The van der Waals surface area contributed by atoms with E-state index in [1.54, 1.807) is 19.2 Å². The van der Waals surface area contributed by atoms with Crippen molar-refractivity contribution in [1.29, 1.82) is 0 Å². The zero-order valence-electron chi connectivity index (χ0n) is 19.6. The number of para-hydroxylation sites is 2. The Labute approximate surface area is 201 Å². The molecule has 1 aliphatic rings. The molecule has 6 heteroatoms. The number of carbonyl (C=O) groups is 1. The number of piperazine rings is 1. The first kappa shape index (κ1) is 23.9. The van der Waals surface area contributed by atoms with Crippen molar-refractivity contribution in [3.63, 3.8) is 0 Å². The summed E-state index contributed by atoms with van der Waals surface area (Å²) in [5.41, 5.74) is 2.69. The van der Waals surface area contributed by atoms with Crippen LogP contribution < -0.4 is 15.0 Å². The highest BCUT2D eigenvalue weighted by Crippen LogP contribution is 2.29. The van der Waals surface area contributed by atoms with Gasteiger partial charge in [0.2, 0.25) is 0 Å². The normalized spacial score (nSPS) is 16.1. The van der Waals surface area contributed by atoms with Crippen LogP contribution >= 0.6 is 0 Å². The van der Waals surface area contributed by atoms with E-state index in [9.17, 15) is 4.79 Å². The van der Waals surface area contributed by atoms with E-state index in [2.05, 4.69) is 10.2 Å². The van der Waals surface area contributed by atoms with Crippen LogP contribution in [0.2, 0.25) is 0 Å². The van der Waals surface area contributed by atoms with Crippen LogP contribution in [0.4, 0.5) is 10.1 Å². The highest BCUT2D eigenvalue weighted by atomic mass is 19.1. The number of nitrogens with zero attached hydrogens (tertiary/aromatic N) is 2. The largest absolute Gasteiger partial charge is 0.495 e. The van der Waals surface area contributed by atoms with Gasteiger partial charge in [0.15, 0.2) is 12.1 Å². The number of nitrogens with one attached hydrogen (secondary N) is 1. The molecule has 0 aromatic heterocycles. The van der Waals surface area contributed by atoms with Gasteiger partial charge in [0.1, 0.15) is 5.75 Å². The van der Waals surface area contributed by atoms with Crippen LogP contribution in [0.25, 0.3) is 0 Å². The molecule has 0 saturated carbocycles. The van der Waals surface area contributed by atoms with Gasteiger partial charge >= 0.3 is 0 Å². The lowest BCUT2D eigenvalue weighted by atomic mass is 10.00. The van der Waals surface area contributed by atoms with Crippen molar-refractivity contribution in [2.75, 3.05) is 38.2 Å². The number of hydrogen-bond acceptors (Lipinski definition) is 5. The molecule has 0 spiro atoms. The molecule has 0 aliphatic carbocycles. The zero-order chi connectivity index (χ0) is 23.8. The molecule has 0 amide bonds. The quantitative estimate of drug-likeness (QED) is 0.355. The van der Waals surface area contributed by atoms with Gasteiger partial charge in [0.05, 0.1) is 18.8 Å². The van der Waals surface area contributed by atoms with Crippen LogP contribution in [0.5, 0.6) is 5.75 Å². The first-order valence-electron chi connectivity index (χ1n) is 11.8. The SMILES string of the molecule is COc1ccccc1N1CCN(C(F)CC(NCc2ccccc2)C(=O)c2ccccc2)CC1. The molecule has 34 heavy (non-hydrogen) atoms. The first-order chi connectivity index (χ1) is 16.7. The average Bonchev–Trinajstić information content (AvgIpc) is 2.91. The summed E-state index contributed by atoms with van der Waals surface area (Å²) in [4.78, 5) is 17.3. The van der Waals surface area contributed by atoms with E-state index in [4.69, 9.17) is 4.74 Å². The first-order valence-corrected chi connectivity index (χ1v) is 11.8. The summed E-state index contributed by atoms with van der Waals surface area (Å²) in [6.07, 6.45) is -1.10. The van der Waals surface area contributed by atoms with Gasteiger partial charge in [-0.05, 0) is 17.7 Å². The minimum atomic E-state index is -1.21. The van der Waals surface area contributed by atoms with Crippen LogP contribution in [0.3, 0.4) is 0 Å². The van der Waals surface area contributed by atoms with Gasteiger partial charge in [-0.15, -0.1) is 0 Å². The minimum Gasteiger partial charge on any atom is -0.495 e. The summed E-state index contributed by atoms with van der Waals surface area (Å²) >= 11 is 0. The Morgan fingerprint density at radius 2 is 1.53 bits per heavy atom. The van der Waals surface area contributed by atoms with Crippen LogP contribution in [0, 0.1) is 0 Å². The summed E-state index contributed by atoms with van der Waals surface area (Å²) in [5.74, 6) is 0.748. The van der Waals surface area contributed by atoms with Crippen molar-refractivity contribution in [2.24, 2.45) is 0 Å². The van der Waals surface area contributed by atoms with Gasteiger partial charge < -0.3 is 15.0 Å². The number of methoxy groups -OCH3 is 1. The molecule has 0 bridgehead atoms. The van der Waals surface area contributed by atoms with E-state index in [0.717, 1.165) is 17.0 Å². The van der Waals surface area contributed by atoms with Gasteiger partial charge in [-0.3, -0.25) is 9.69 Å². The van der Waals surface area contributed by atoms with Crippen molar-refractivity contribution in [3.05, 3.63) is 96.1 Å². The predicted octanol–water partition coefficient (Wildman–Crippen LogP) is 4.54. The number of halogens is 1. The maximum atomic E-state index is 15.5. The second-order valence-corrected chi connectivity index (χ2v) is 8.51. The number of ether oxygens (including phenoxy) is 1. The van der Waals surface area contributed by atoms with Crippen molar-refractivity contribution < 1.29 is 13.9 Å². The fourth-order valence-electron chi connectivity index (χ4n) is 4.40. The number of Topliss-reactive ketones (excluding diaryl/α,β-unsaturated/α-hetero) is 1. The number of ketones is 1. The summed E-state index contributed by atoms with van der Waals surface area (Å²) in [5, 5.41) is 3.31. The van der Waals surface area contributed by atoms with Crippen molar-refractivity contribution in [1.82, 2.24) is 10.2 Å². The highest BCUT2D eigenvalue weighted by molar-refractivity contribution is 6.00. The molecular formula is C28H32FN3O2. The lowest BCUT2D eigenvalue weighted by Gasteiger charge is -2.38. The fourth-order valence-corrected chi connectivity index (χ4v) is 4.40. The maximum Gasteiger partial charge on any atom is 0.179 e. The summed E-state index contributed by atoms with van der Waals surface area (Å²) in [6.45, 7) is 3.09. The summed E-state index contributed by atoms with van der Waals surface area (Å²) < 4.78 is 21.0. The van der Waals surface area contributed by atoms with Crippen molar-refractivity contribution >= 4 is 11.5 Å². The Morgan fingerprint density at radius 3 is 2.21 bits per heavy atom. The third kappa shape index (κ3) is 6.01. The van der Waals surface area contributed by atoms with E-state index < -0.39 is 12.3 Å². The smallest absolute Gasteiger partial charge is 0.179 e. The van der Waals surface area contributed by atoms with Crippen LogP contribution in [-0.4, -0.2) is 56.3 Å². The van der Waals surface area contributed by atoms with Crippen molar-refractivity contribution in [3.8, 4) is 5.75 Å². The number of rotatable bonds is 10. The predicted molar refractivity (Wildman–Crippen MR) is 134 cm³/mol. The van der Waals surface area contributed by atoms with Crippen molar-refractivity contribution in [2.45, 2.75) is 25.3 Å². The molecule has 3 aromatic carbocycles. The van der Waals surface area contributed by atoms with Crippen LogP contribution in [-0.2, 0) is 6.54 Å². The zero-order valence-corrected chi connectivity index (χ0v) is 19.6. The maximum absolute atomic E-state index is 15.5. The lowest BCUT2D eigenvalue weighted by Crippen LogP contribution is -2.51. The molecule has 2 atom stereocenters. The molecule has 1 aliphatic heterocycles. The second kappa shape index (κ2) is 11.8. The number of alkyl halides is 1. The van der Waals surface area contributed by atoms with E-state index in [0.29, 0.717) is 38.3 Å². The van der Waals surface area contributed by atoms with E-state index in [-0.39, 0.29) is 12.2 Å². The van der Waals surface area contributed by atoms with Gasteiger partial charge in [-0.1, -0.05) is 72.8 Å². The molecule has 0 radical (unpaired) electrons. The fraction of sp³-hybridized carbons (Fsp3) is 0.321. The second-order valence-electron chi connectivity index (χ2n) is 8.51. The standard InChI is InChI=1S/C28H32FN3O2/c1-34-26-15-9-8-14-25(26)31-16-18-32(19-17-31)27(29)20-24(28(33)23-12-6-3-7-13-23)30-21-22-10-4-2-5-11-22/h2-15,24,27,30H,16-21H2,1H3. The number of hydrogen-bond donors (Lipinski definition) is 1. The third-order valence-corrected chi connectivity index (χ3v) is 6.34. The van der Waals surface area contributed by atoms with E-state index in [1.807, 2.05) is 77.7 Å². The molecule has 3 aromatic rings. The van der Waals surface area contributed by atoms with Crippen LogP contribution in [0.1, 0.15) is 22.3 Å². The molecule has 4 rings (SSSR count). The summed E-state index contributed by atoms with van der Waals surface area (Å²) in [6, 6.07) is 26.3. The van der Waals surface area contributed by atoms with Gasteiger partial charge in [-0.2, -0.15) is 0 Å². The Morgan fingerprint density at radius 1 is 0.912 bits per heavy atom. The Hall–Kier alpha value is -3.22. The molecule has 1 heterocycles. The summed E-state index contributed by atoms with van der Waals surface area (Å²) in [7, 11) is 1.67. The Balaban J connectivity index is 1.40. The van der Waals surface area contributed by atoms with E-state index >= 15 is 4.39 Å². The average molecular weight is 462 g/mol. The molecule has 2 unspecified atom stereocenters. The molecule has 1 N–H and O–H groups in total. The van der Waals surface area contributed by atoms with E-state index in [1.165, 1.54) is 0 Å². The molecule has 178 valence electrons. The molecule has 1 fully saturated rings. The number of anilines is 1. The van der Waals surface area contributed by atoms with Crippen LogP contribution in [0.15, 0.2) is 84.9 Å². The number of benzene rings is 3. The lowest BCUT2D eigenvalue weighted by molar-refractivity contribution is 0.0553.